The lowest BCUT2D eigenvalue weighted by atomic mass is 10.0. The zero-order valence-corrected chi connectivity index (χ0v) is 21.6. The maximum Gasteiger partial charge on any atom is 0.343 e. The molecular formula is C26H30O12. The fourth-order valence-corrected chi connectivity index (χ4v) is 2.41. The third-order valence-corrected chi connectivity index (χ3v) is 4.38. The van der Waals surface area contributed by atoms with E-state index >= 15 is 0 Å². The van der Waals surface area contributed by atoms with Gasteiger partial charge in [-0.05, 0) is 52.8 Å². The SMILES string of the molecule is C=C(C)C(=O)OC(OC(=O)c1ccc(C(=O)O/C=C/C)c(C(=O)OC(OC(=O)C(=C)C)C(C)O)c1)C(C)O. The molecule has 12 nitrogen and oxygen atoms in total. The molecule has 4 unspecified atom stereocenters. The fraction of sp³-hybridized carbons (Fsp3) is 0.346. The second-order valence-corrected chi connectivity index (χ2v) is 8.03. The number of carbonyl (C=O) groups is 5. The molecule has 0 aromatic heterocycles. The predicted molar refractivity (Wildman–Crippen MR) is 130 cm³/mol. The quantitative estimate of drug-likeness (QED) is 0.132. The van der Waals surface area contributed by atoms with Crippen LogP contribution in [0.25, 0.3) is 0 Å². The molecule has 0 heterocycles. The Hall–Kier alpha value is -4.29. The van der Waals surface area contributed by atoms with Gasteiger partial charge in [0, 0.05) is 11.1 Å². The molecule has 206 valence electrons. The number of aliphatic hydroxyl groups excluding tert-OH is 2. The Morgan fingerprint density at radius 1 is 0.763 bits per heavy atom. The third-order valence-electron chi connectivity index (χ3n) is 4.38. The van der Waals surface area contributed by atoms with E-state index in [0.29, 0.717) is 0 Å². The zero-order chi connectivity index (χ0) is 29.2. The van der Waals surface area contributed by atoms with Gasteiger partial charge in [0.25, 0.3) is 12.6 Å². The predicted octanol–water partition coefficient (Wildman–Crippen LogP) is 2.34. The molecule has 0 saturated carbocycles. The van der Waals surface area contributed by atoms with Crippen LogP contribution in [0, 0.1) is 0 Å². The summed E-state index contributed by atoms with van der Waals surface area (Å²) in [7, 11) is 0. The van der Waals surface area contributed by atoms with Gasteiger partial charge in [-0.3, -0.25) is 0 Å². The summed E-state index contributed by atoms with van der Waals surface area (Å²) < 4.78 is 24.8. The van der Waals surface area contributed by atoms with E-state index in [-0.39, 0.29) is 22.3 Å². The average molecular weight is 535 g/mol. The van der Waals surface area contributed by atoms with Crippen LogP contribution >= 0.6 is 0 Å². The Morgan fingerprint density at radius 3 is 1.66 bits per heavy atom. The van der Waals surface area contributed by atoms with Crippen LogP contribution in [0.1, 0.15) is 65.7 Å². The van der Waals surface area contributed by atoms with Crippen molar-refractivity contribution in [3.8, 4) is 0 Å². The molecule has 38 heavy (non-hydrogen) atoms. The van der Waals surface area contributed by atoms with Gasteiger partial charge in [0.15, 0.2) is 0 Å². The lowest BCUT2D eigenvalue weighted by molar-refractivity contribution is -0.181. The minimum Gasteiger partial charge on any atom is -0.431 e. The molecule has 0 aliphatic heterocycles. The highest BCUT2D eigenvalue weighted by Crippen LogP contribution is 2.19. The van der Waals surface area contributed by atoms with Gasteiger partial charge in [0.2, 0.25) is 0 Å². The van der Waals surface area contributed by atoms with E-state index in [2.05, 4.69) is 13.2 Å². The number of carbonyl (C=O) groups excluding carboxylic acids is 5. The van der Waals surface area contributed by atoms with E-state index in [1.165, 1.54) is 33.8 Å². The minimum atomic E-state index is -1.79. The second-order valence-electron chi connectivity index (χ2n) is 8.03. The maximum atomic E-state index is 13.0. The van der Waals surface area contributed by atoms with Crippen molar-refractivity contribution >= 4 is 29.8 Å². The highest BCUT2D eigenvalue weighted by atomic mass is 16.7. The number of allylic oxidation sites excluding steroid dienone is 1. The Labute approximate surface area is 219 Å². The van der Waals surface area contributed by atoms with Gasteiger partial charge in [-0.2, -0.15) is 0 Å². The lowest BCUT2D eigenvalue weighted by Crippen LogP contribution is -2.35. The molecule has 1 aromatic rings. The third kappa shape index (κ3) is 9.30. The van der Waals surface area contributed by atoms with E-state index in [4.69, 9.17) is 23.7 Å². The Morgan fingerprint density at radius 2 is 1.24 bits per heavy atom. The molecule has 0 bridgehead atoms. The van der Waals surface area contributed by atoms with Crippen molar-refractivity contribution in [2.45, 2.75) is 59.4 Å². The van der Waals surface area contributed by atoms with Crippen molar-refractivity contribution in [2.24, 2.45) is 0 Å². The van der Waals surface area contributed by atoms with E-state index in [1.807, 2.05) is 0 Å². The van der Waals surface area contributed by atoms with E-state index < -0.39 is 60.2 Å². The largest absolute Gasteiger partial charge is 0.431 e. The summed E-state index contributed by atoms with van der Waals surface area (Å²) in [5.41, 5.74) is -1.23. The Kier molecular flexibility index (Phi) is 12.1. The van der Waals surface area contributed by atoms with Crippen LogP contribution in [-0.2, 0) is 33.3 Å². The number of benzene rings is 1. The van der Waals surface area contributed by atoms with E-state index in [9.17, 15) is 34.2 Å². The number of rotatable bonds is 12. The normalized spacial score (nSPS) is 13.9. The molecule has 1 rings (SSSR count). The fourth-order valence-electron chi connectivity index (χ4n) is 2.41. The number of esters is 5. The van der Waals surface area contributed by atoms with Crippen LogP contribution in [0.2, 0.25) is 0 Å². The number of aliphatic hydroxyl groups is 2. The van der Waals surface area contributed by atoms with Crippen LogP contribution < -0.4 is 0 Å². The monoisotopic (exact) mass is 534 g/mol. The first kappa shape index (κ1) is 31.7. The summed E-state index contributed by atoms with van der Waals surface area (Å²) in [5, 5.41) is 19.8. The summed E-state index contributed by atoms with van der Waals surface area (Å²) >= 11 is 0. The number of hydrogen-bond donors (Lipinski definition) is 2. The van der Waals surface area contributed by atoms with Crippen molar-refractivity contribution in [1.82, 2.24) is 0 Å². The Bertz CT molecular complexity index is 1130. The molecule has 0 radical (unpaired) electrons. The lowest BCUT2D eigenvalue weighted by Gasteiger charge is -2.22. The molecule has 0 spiro atoms. The van der Waals surface area contributed by atoms with Crippen molar-refractivity contribution in [3.63, 3.8) is 0 Å². The van der Waals surface area contributed by atoms with Gasteiger partial charge in [0.1, 0.15) is 12.2 Å². The van der Waals surface area contributed by atoms with E-state index in [0.717, 1.165) is 24.5 Å². The van der Waals surface area contributed by atoms with Gasteiger partial charge in [-0.1, -0.05) is 19.2 Å². The maximum absolute atomic E-state index is 13.0. The second kappa shape index (κ2) is 14.4. The molecule has 0 aliphatic carbocycles. The minimum absolute atomic E-state index is 0.0132. The first-order valence-corrected chi connectivity index (χ1v) is 11.2. The van der Waals surface area contributed by atoms with Crippen molar-refractivity contribution in [3.05, 3.63) is 71.5 Å². The molecule has 0 saturated heterocycles. The van der Waals surface area contributed by atoms with Crippen molar-refractivity contribution < 1.29 is 57.9 Å². The Balaban J connectivity index is 3.40. The molecule has 0 amide bonds. The summed E-state index contributed by atoms with van der Waals surface area (Å²) in [6, 6.07) is 3.09. The average Bonchev–Trinajstić information content (AvgIpc) is 2.85. The van der Waals surface area contributed by atoms with Gasteiger partial charge < -0.3 is 33.9 Å². The molecule has 4 atom stereocenters. The summed E-state index contributed by atoms with van der Waals surface area (Å²) in [6.45, 7) is 13.4. The van der Waals surface area contributed by atoms with Crippen LogP contribution in [0.15, 0.2) is 54.8 Å². The van der Waals surface area contributed by atoms with Crippen LogP contribution in [0.4, 0.5) is 0 Å². The van der Waals surface area contributed by atoms with Gasteiger partial charge in [0.05, 0.1) is 23.0 Å². The first-order chi connectivity index (χ1) is 17.7. The van der Waals surface area contributed by atoms with Gasteiger partial charge in [-0.25, -0.2) is 24.0 Å². The molecule has 2 N–H and O–H groups in total. The summed E-state index contributed by atoms with van der Waals surface area (Å²) in [4.78, 5) is 61.9. The van der Waals surface area contributed by atoms with Crippen LogP contribution in [0.3, 0.4) is 0 Å². The zero-order valence-electron chi connectivity index (χ0n) is 21.6. The van der Waals surface area contributed by atoms with Crippen LogP contribution in [-0.4, -0.2) is 64.8 Å². The number of ether oxygens (including phenoxy) is 5. The van der Waals surface area contributed by atoms with E-state index in [1.54, 1.807) is 6.92 Å². The number of hydrogen-bond acceptors (Lipinski definition) is 12. The molecular weight excluding hydrogens is 504 g/mol. The standard InChI is InChI=1S/C26H30O12/c1-8-11-34-23(32)18-10-9-17(22(31)37-25(15(6)27)35-20(29)13(2)3)12-19(18)24(33)38-26(16(7)28)36-21(30)14(4)5/h8-12,15-16,25-28H,2,4H2,1,3,5-7H3/b11-8+. The topological polar surface area (TPSA) is 172 Å². The first-order valence-electron chi connectivity index (χ1n) is 11.2. The smallest absolute Gasteiger partial charge is 0.343 e. The van der Waals surface area contributed by atoms with Gasteiger partial charge in [-0.15, -0.1) is 0 Å². The van der Waals surface area contributed by atoms with Gasteiger partial charge >= 0.3 is 29.8 Å². The highest BCUT2D eigenvalue weighted by Gasteiger charge is 2.30. The molecule has 0 aliphatic rings. The van der Waals surface area contributed by atoms with Crippen molar-refractivity contribution in [2.75, 3.05) is 0 Å². The molecule has 0 fully saturated rings. The summed E-state index contributed by atoms with van der Waals surface area (Å²) in [6.07, 6.45) is -3.97. The summed E-state index contributed by atoms with van der Waals surface area (Å²) in [5.74, 6) is -5.30. The highest BCUT2D eigenvalue weighted by molar-refractivity contribution is 6.05. The molecule has 12 heteroatoms. The van der Waals surface area contributed by atoms with Crippen LogP contribution in [0.5, 0.6) is 0 Å². The molecule has 1 aromatic carbocycles. The van der Waals surface area contributed by atoms with Crippen molar-refractivity contribution in [1.29, 1.82) is 0 Å².